The summed E-state index contributed by atoms with van der Waals surface area (Å²) in [5, 5.41) is 0. The van der Waals surface area contributed by atoms with Crippen molar-refractivity contribution in [3.63, 3.8) is 0 Å². The average molecular weight is 334 g/mol. The first kappa shape index (κ1) is 15.1. The minimum Gasteiger partial charge on any atom is -0.468 e. The van der Waals surface area contributed by atoms with Gasteiger partial charge in [0.05, 0.1) is 12.8 Å². The van der Waals surface area contributed by atoms with E-state index in [1.165, 1.54) is 12.7 Å². The molecule has 1 saturated heterocycles. The summed E-state index contributed by atoms with van der Waals surface area (Å²) in [6.07, 6.45) is 10.0. The van der Waals surface area contributed by atoms with Crippen molar-refractivity contribution in [2.45, 2.75) is 24.3 Å². The van der Waals surface area contributed by atoms with Gasteiger partial charge in [0.1, 0.15) is 5.41 Å². The van der Waals surface area contributed by atoms with E-state index in [1.54, 1.807) is 0 Å². The highest BCUT2D eigenvalue weighted by Gasteiger charge is 2.76. The number of fused-ring (bicyclic) bond motifs is 1. The molecule has 0 radical (unpaired) electrons. The molecule has 1 aromatic rings. The average Bonchev–Trinajstić information content (AvgIpc) is 3.18. The fourth-order valence-corrected chi connectivity index (χ4v) is 6.22. The third-order valence-electron chi connectivity index (χ3n) is 7.02. The van der Waals surface area contributed by atoms with Gasteiger partial charge in [-0.1, -0.05) is 36.4 Å². The number of ether oxygens (including phenoxy) is 1. The number of carbonyl (C=O) groups excluding carboxylic acids is 1. The van der Waals surface area contributed by atoms with Crippen LogP contribution in [0.3, 0.4) is 0 Å². The maximum absolute atomic E-state index is 13.2. The molecular weight excluding hydrogens is 312 g/mol. The second-order valence-corrected chi connectivity index (χ2v) is 7.75. The third-order valence-corrected chi connectivity index (χ3v) is 7.02. The number of carbonyl (C=O) groups is 1. The van der Waals surface area contributed by atoms with Crippen LogP contribution < -0.4 is 0 Å². The number of methoxy groups -OCH3 is 1. The Morgan fingerprint density at radius 2 is 2.28 bits per heavy atom. The number of rotatable bonds is 2. The Balaban J connectivity index is 1.87. The zero-order chi connectivity index (χ0) is 17.3. The Kier molecular flexibility index (Phi) is 2.84. The molecule has 0 amide bonds. The highest BCUT2D eigenvalue weighted by molar-refractivity contribution is 6.01. The predicted molar refractivity (Wildman–Crippen MR) is 97.1 cm³/mol. The van der Waals surface area contributed by atoms with Crippen molar-refractivity contribution in [1.82, 2.24) is 4.90 Å². The fourth-order valence-electron chi connectivity index (χ4n) is 6.22. The number of para-hydroxylation sites is 1. The maximum atomic E-state index is 13.2. The van der Waals surface area contributed by atoms with Crippen molar-refractivity contribution in [2.75, 3.05) is 20.2 Å². The molecule has 128 valence electrons. The molecule has 0 N–H and O–H groups in total. The summed E-state index contributed by atoms with van der Waals surface area (Å²) in [4.78, 5) is 20.4. The number of hydrogen-bond acceptors (Lipinski definition) is 4. The lowest BCUT2D eigenvalue weighted by molar-refractivity contribution is -0.151. The molecule has 0 bridgehead atoms. The Hall–Kier alpha value is -2.20. The van der Waals surface area contributed by atoms with E-state index in [0.717, 1.165) is 25.2 Å². The van der Waals surface area contributed by atoms with Crippen molar-refractivity contribution in [1.29, 1.82) is 0 Å². The molecule has 2 fully saturated rings. The molecule has 25 heavy (non-hydrogen) atoms. The Labute approximate surface area is 147 Å². The first-order valence-corrected chi connectivity index (χ1v) is 8.92. The van der Waals surface area contributed by atoms with Crippen LogP contribution in [0.1, 0.15) is 18.4 Å². The summed E-state index contributed by atoms with van der Waals surface area (Å²) in [7, 11) is 1.49. The monoisotopic (exact) mass is 334 g/mol. The van der Waals surface area contributed by atoms with Gasteiger partial charge in [-0.15, -0.1) is 6.58 Å². The van der Waals surface area contributed by atoms with E-state index in [9.17, 15) is 4.79 Å². The van der Waals surface area contributed by atoms with Gasteiger partial charge in [-0.2, -0.15) is 0 Å². The van der Waals surface area contributed by atoms with E-state index in [0.29, 0.717) is 6.42 Å². The van der Waals surface area contributed by atoms with Crippen LogP contribution in [-0.2, 0) is 14.9 Å². The van der Waals surface area contributed by atoms with Gasteiger partial charge >= 0.3 is 5.97 Å². The Morgan fingerprint density at radius 3 is 3.08 bits per heavy atom. The van der Waals surface area contributed by atoms with Crippen molar-refractivity contribution >= 4 is 17.9 Å². The molecule has 3 heterocycles. The lowest BCUT2D eigenvalue weighted by Crippen LogP contribution is -2.56. The van der Waals surface area contributed by atoms with Crippen LogP contribution >= 0.6 is 0 Å². The van der Waals surface area contributed by atoms with E-state index in [1.807, 2.05) is 18.4 Å². The van der Waals surface area contributed by atoms with Crippen LogP contribution in [0, 0.1) is 10.8 Å². The molecule has 1 aliphatic carbocycles. The smallest absolute Gasteiger partial charge is 0.318 e. The van der Waals surface area contributed by atoms with Crippen molar-refractivity contribution in [3.8, 4) is 0 Å². The van der Waals surface area contributed by atoms with Crippen molar-refractivity contribution in [3.05, 3.63) is 54.6 Å². The molecule has 4 nitrogen and oxygen atoms in total. The van der Waals surface area contributed by atoms with Crippen LogP contribution in [-0.4, -0.2) is 43.3 Å². The lowest BCUT2D eigenvalue weighted by atomic mass is 9.58. The van der Waals surface area contributed by atoms with E-state index >= 15 is 0 Å². The number of benzene rings is 1. The topological polar surface area (TPSA) is 41.9 Å². The van der Waals surface area contributed by atoms with Crippen LogP contribution in [0.4, 0.5) is 5.69 Å². The van der Waals surface area contributed by atoms with Gasteiger partial charge in [-0.3, -0.25) is 14.7 Å². The lowest BCUT2D eigenvalue weighted by Gasteiger charge is -2.46. The molecule has 3 aliphatic heterocycles. The second kappa shape index (κ2) is 4.70. The van der Waals surface area contributed by atoms with Crippen molar-refractivity contribution < 1.29 is 9.53 Å². The van der Waals surface area contributed by atoms with E-state index in [-0.39, 0.29) is 22.8 Å². The predicted octanol–water partition coefficient (Wildman–Crippen LogP) is 3.02. The van der Waals surface area contributed by atoms with Gasteiger partial charge in [0.2, 0.25) is 0 Å². The molecule has 5 rings (SSSR count). The number of hydrogen-bond donors (Lipinski definition) is 0. The van der Waals surface area contributed by atoms with E-state index in [4.69, 9.17) is 9.73 Å². The Morgan fingerprint density at radius 1 is 1.44 bits per heavy atom. The molecule has 1 saturated carbocycles. The number of nitrogens with zero attached hydrogens (tertiary/aromatic N) is 2. The van der Waals surface area contributed by atoms with Crippen LogP contribution in [0.25, 0.3) is 0 Å². The zero-order valence-electron chi connectivity index (χ0n) is 14.4. The van der Waals surface area contributed by atoms with Gasteiger partial charge in [0.15, 0.2) is 0 Å². The summed E-state index contributed by atoms with van der Waals surface area (Å²) in [5.41, 5.74) is 0.898. The van der Waals surface area contributed by atoms with Crippen LogP contribution in [0.2, 0.25) is 0 Å². The van der Waals surface area contributed by atoms with Gasteiger partial charge in [0, 0.05) is 29.6 Å². The normalized spacial score (nSPS) is 40.3. The quantitative estimate of drug-likeness (QED) is 0.617. The molecular formula is C21H22N2O2. The molecule has 1 spiro atoms. The maximum Gasteiger partial charge on any atom is 0.318 e. The summed E-state index contributed by atoms with van der Waals surface area (Å²) in [5.74, 6) is -0.170. The van der Waals surface area contributed by atoms with Crippen LogP contribution in [0.15, 0.2) is 54.1 Å². The molecule has 4 aliphatic rings. The summed E-state index contributed by atoms with van der Waals surface area (Å²) < 4.78 is 5.34. The molecule has 1 aromatic carbocycles. The molecule has 0 unspecified atom stereocenters. The summed E-state index contributed by atoms with van der Waals surface area (Å²) in [6.45, 7) is 6.07. The zero-order valence-corrected chi connectivity index (χ0v) is 14.4. The Bertz CT molecular complexity index is 844. The fraction of sp³-hybridized carbons (Fsp3) is 0.429. The highest BCUT2D eigenvalue weighted by atomic mass is 16.5. The van der Waals surface area contributed by atoms with E-state index < -0.39 is 5.41 Å². The van der Waals surface area contributed by atoms with Gasteiger partial charge < -0.3 is 4.74 Å². The molecule has 0 aromatic heterocycles. The largest absolute Gasteiger partial charge is 0.468 e. The SMILES string of the molecule is C=C[C@]12C=CCN3CC[C@@]4(c5ccccc5N=C[C@]4(C(=O)OC)C1)[C@@H]32. The first-order valence-electron chi connectivity index (χ1n) is 8.92. The minimum absolute atomic E-state index is 0.170. The third kappa shape index (κ3) is 1.49. The van der Waals surface area contributed by atoms with Gasteiger partial charge in [0.25, 0.3) is 0 Å². The second-order valence-electron chi connectivity index (χ2n) is 7.75. The van der Waals surface area contributed by atoms with Crippen molar-refractivity contribution in [2.24, 2.45) is 15.8 Å². The number of aliphatic imine (C=N–C) groups is 1. The van der Waals surface area contributed by atoms with Gasteiger partial charge in [-0.25, -0.2) is 0 Å². The number of esters is 1. The van der Waals surface area contributed by atoms with Gasteiger partial charge in [-0.05, 0) is 31.0 Å². The highest BCUT2D eigenvalue weighted by Crippen LogP contribution is 2.70. The first-order chi connectivity index (χ1) is 12.1. The summed E-state index contributed by atoms with van der Waals surface area (Å²) in [6, 6.07) is 8.50. The van der Waals surface area contributed by atoms with Crippen LogP contribution in [0.5, 0.6) is 0 Å². The summed E-state index contributed by atoms with van der Waals surface area (Å²) >= 11 is 0. The van der Waals surface area contributed by atoms with E-state index in [2.05, 4.69) is 41.8 Å². The minimum atomic E-state index is -0.738. The molecule has 4 atom stereocenters. The standard InChI is InChI=1S/C21H22N2O2/c1-3-19-9-6-11-23-12-10-21(17(19)23)15-7-4-5-8-16(15)22-14-20(21,13-19)18(24)25-2/h3-9,14,17H,1,10-13H2,2H3/t17-,19-,20-,21+/m0/s1. The molecule has 4 heteroatoms.